The molecule has 0 fully saturated rings. The molecule has 0 bridgehead atoms. The molecule has 0 aromatic heterocycles. The van der Waals surface area contributed by atoms with Crippen molar-refractivity contribution in [2.45, 2.75) is 18.4 Å². The van der Waals surface area contributed by atoms with E-state index < -0.39 is 5.54 Å². The van der Waals surface area contributed by atoms with Gasteiger partial charge in [0.15, 0.2) is 0 Å². The molecule has 1 aromatic rings. The van der Waals surface area contributed by atoms with Crippen LogP contribution in [0.5, 0.6) is 0 Å². The second-order valence-electron chi connectivity index (χ2n) is 5.30. The molecule has 4 nitrogen and oxygen atoms in total. The molecule has 1 atom stereocenters. The molecule has 2 rings (SSSR count). The fourth-order valence-corrected chi connectivity index (χ4v) is 2.86. The van der Waals surface area contributed by atoms with Crippen molar-refractivity contribution in [3.05, 3.63) is 34.3 Å². The van der Waals surface area contributed by atoms with Crippen LogP contribution < -0.4 is 11.1 Å². The Bertz CT molecular complexity index is 490. The van der Waals surface area contributed by atoms with Crippen molar-refractivity contribution in [2.75, 3.05) is 27.2 Å². The van der Waals surface area contributed by atoms with Gasteiger partial charge >= 0.3 is 0 Å². The van der Waals surface area contributed by atoms with Crippen LogP contribution in [-0.2, 0) is 16.8 Å². The maximum absolute atomic E-state index is 12.0. The number of nitrogens with two attached hydrogens (primary N) is 1. The Labute approximate surface area is 118 Å². The fourth-order valence-electron chi connectivity index (χ4n) is 2.66. The Balaban J connectivity index is 2.26. The number of nitrogens with one attached hydrogen (secondary N) is 1. The van der Waals surface area contributed by atoms with Crippen molar-refractivity contribution in [3.8, 4) is 0 Å². The van der Waals surface area contributed by atoms with Crippen molar-refractivity contribution in [1.82, 2.24) is 10.2 Å². The summed E-state index contributed by atoms with van der Waals surface area (Å²) in [4.78, 5) is 14.0. The summed E-state index contributed by atoms with van der Waals surface area (Å²) in [6.07, 6.45) is 1.53. The van der Waals surface area contributed by atoms with Crippen LogP contribution in [0.3, 0.4) is 0 Å². The number of fused-ring (bicyclic) bond motifs is 1. The van der Waals surface area contributed by atoms with Gasteiger partial charge in [0.1, 0.15) is 5.54 Å². The van der Waals surface area contributed by atoms with Gasteiger partial charge in [0, 0.05) is 18.1 Å². The highest BCUT2D eigenvalue weighted by molar-refractivity contribution is 6.30. The van der Waals surface area contributed by atoms with E-state index in [2.05, 4.69) is 10.2 Å². The van der Waals surface area contributed by atoms with Crippen LogP contribution >= 0.6 is 11.6 Å². The summed E-state index contributed by atoms with van der Waals surface area (Å²) in [7, 11) is 4.00. The number of amides is 1. The molecule has 5 heteroatoms. The summed E-state index contributed by atoms with van der Waals surface area (Å²) >= 11 is 6.00. The van der Waals surface area contributed by atoms with E-state index in [1.807, 2.05) is 32.3 Å². The van der Waals surface area contributed by atoms with E-state index in [1.54, 1.807) is 0 Å². The van der Waals surface area contributed by atoms with Crippen LogP contribution in [0.4, 0.5) is 0 Å². The topological polar surface area (TPSA) is 58.4 Å². The maximum Gasteiger partial charge on any atom is 0.242 e. The number of likely N-dealkylation sites (N-methyl/N-ethyl adjacent to an activating group) is 1. The largest absolute Gasteiger partial charge is 0.368 e. The van der Waals surface area contributed by atoms with Crippen LogP contribution in [0, 0.1) is 0 Å². The summed E-state index contributed by atoms with van der Waals surface area (Å²) in [6.45, 7) is 1.58. The smallest absolute Gasteiger partial charge is 0.242 e. The lowest BCUT2D eigenvalue weighted by Crippen LogP contribution is -2.52. The van der Waals surface area contributed by atoms with Crippen molar-refractivity contribution >= 4 is 17.5 Å². The Morgan fingerprint density at radius 3 is 2.89 bits per heavy atom. The Kier molecular flexibility index (Phi) is 4.13. The van der Waals surface area contributed by atoms with E-state index in [4.69, 9.17) is 17.3 Å². The average molecular weight is 282 g/mol. The molecule has 0 aliphatic heterocycles. The predicted molar refractivity (Wildman–Crippen MR) is 77.2 cm³/mol. The minimum absolute atomic E-state index is 0.313. The second-order valence-corrected chi connectivity index (χ2v) is 5.74. The van der Waals surface area contributed by atoms with Gasteiger partial charge in [-0.25, -0.2) is 0 Å². The lowest BCUT2D eigenvalue weighted by atomic mass is 9.91. The third kappa shape index (κ3) is 2.76. The Morgan fingerprint density at radius 2 is 2.26 bits per heavy atom. The number of carbonyl (C=O) groups excluding carboxylic acids is 1. The van der Waals surface area contributed by atoms with Crippen LogP contribution in [0.15, 0.2) is 18.2 Å². The highest BCUT2D eigenvalue weighted by Gasteiger charge is 2.43. The van der Waals surface area contributed by atoms with Gasteiger partial charge in [-0.15, -0.1) is 0 Å². The first-order valence-corrected chi connectivity index (χ1v) is 6.82. The lowest BCUT2D eigenvalue weighted by molar-refractivity contribution is -0.124. The molecule has 0 saturated carbocycles. The molecule has 0 heterocycles. The van der Waals surface area contributed by atoms with Crippen LogP contribution in [0.2, 0.25) is 5.02 Å². The normalized spacial score (nSPS) is 21.7. The van der Waals surface area contributed by atoms with Crippen molar-refractivity contribution in [2.24, 2.45) is 5.73 Å². The van der Waals surface area contributed by atoms with Gasteiger partial charge in [0.2, 0.25) is 5.91 Å². The molecule has 1 aliphatic carbocycles. The van der Waals surface area contributed by atoms with Gasteiger partial charge in [-0.2, -0.15) is 0 Å². The molecule has 0 spiro atoms. The third-order valence-electron chi connectivity index (χ3n) is 3.70. The predicted octanol–water partition coefficient (Wildman–Crippen LogP) is 1.12. The van der Waals surface area contributed by atoms with E-state index >= 15 is 0 Å². The molecule has 1 unspecified atom stereocenters. The van der Waals surface area contributed by atoms with Crippen molar-refractivity contribution in [1.29, 1.82) is 0 Å². The first-order valence-electron chi connectivity index (χ1n) is 6.44. The highest BCUT2D eigenvalue weighted by Crippen LogP contribution is 2.37. The zero-order valence-corrected chi connectivity index (χ0v) is 12.1. The van der Waals surface area contributed by atoms with E-state index in [9.17, 15) is 4.79 Å². The summed E-state index contributed by atoms with van der Waals surface area (Å²) in [5.74, 6) is -0.313. The number of nitrogens with zero attached hydrogens (tertiary/aromatic N) is 1. The molecular formula is C14H20ClN3O. The van der Waals surface area contributed by atoms with Crippen LogP contribution in [0.25, 0.3) is 0 Å². The zero-order valence-electron chi connectivity index (χ0n) is 11.4. The standard InChI is InChI=1S/C14H20ClN3O/c1-18(2)8-7-17-14(13(16)19)6-5-10-9-11(15)3-4-12(10)14/h3-4,9,17H,5-8H2,1-2H3,(H2,16,19). The molecular weight excluding hydrogens is 262 g/mol. The number of aryl methyl sites for hydroxylation is 1. The number of primary amides is 1. The molecule has 1 aliphatic rings. The average Bonchev–Trinajstić information content (AvgIpc) is 2.68. The van der Waals surface area contributed by atoms with Gasteiger partial charge in [0.05, 0.1) is 0 Å². The SMILES string of the molecule is CN(C)CCNC1(C(N)=O)CCc2cc(Cl)ccc21. The molecule has 0 saturated heterocycles. The molecule has 19 heavy (non-hydrogen) atoms. The van der Waals surface area contributed by atoms with Crippen LogP contribution in [0.1, 0.15) is 17.5 Å². The van der Waals surface area contributed by atoms with Gasteiger partial charge < -0.3 is 10.6 Å². The van der Waals surface area contributed by atoms with Gasteiger partial charge in [-0.3, -0.25) is 10.1 Å². The molecule has 104 valence electrons. The zero-order chi connectivity index (χ0) is 14.0. The molecule has 3 N–H and O–H groups in total. The lowest BCUT2D eigenvalue weighted by Gasteiger charge is -2.29. The summed E-state index contributed by atoms with van der Waals surface area (Å²) in [6, 6.07) is 5.66. The number of carbonyl (C=O) groups is 1. The maximum atomic E-state index is 12.0. The monoisotopic (exact) mass is 281 g/mol. The van der Waals surface area contributed by atoms with E-state index in [-0.39, 0.29) is 5.91 Å². The number of benzene rings is 1. The third-order valence-corrected chi connectivity index (χ3v) is 3.94. The minimum atomic E-state index is -0.740. The van der Waals surface area contributed by atoms with Crippen molar-refractivity contribution in [3.63, 3.8) is 0 Å². The van der Waals surface area contributed by atoms with Gasteiger partial charge in [-0.05, 0) is 50.2 Å². The quantitative estimate of drug-likeness (QED) is 0.850. The first kappa shape index (κ1) is 14.3. The van der Waals surface area contributed by atoms with Gasteiger partial charge in [-0.1, -0.05) is 17.7 Å². The Morgan fingerprint density at radius 1 is 1.53 bits per heavy atom. The second kappa shape index (κ2) is 5.49. The Hall–Kier alpha value is -1.10. The molecule has 1 aromatic carbocycles. The van der Waals surface area contributed by atoms with Gasteiger partial charge in [0.25, 0.3) is 0 Å². The number of hydrogen-bond donors (Lipinski definition) is 2. The first-order chi connectivity index (χ1) is 8.95. The van der Waals surface area contributed by atoms with Crippen LogP contribution in [-0.4, -0.2) is 38.0 Å². The van der Waals surface area contributed by atoms with E-state index in [1.165, 1.54) is 0 Å². The number of hydrogen-bond acceptors (Lipinski definition) is 3. The minimum Gasteiger partial charge on any atom is -0.368 e. The molecule has 0 radical (unpaired) electrons. The van der Waals surface area contributed by atoms with E-state index in [0.717, 1.165) is 30.6 Å². The number of halogens is 1. The summed E-state index contributed by atoms with van der Waals surface area (Å²) < 4.78 is 0. The fraction of sp³-hybridized carbons (Fsp3) is 0.500. The van der Waals surface area contributed by atoms with Crippen molar-refractivity contribution < 1.29 is 4.79 Å². The van der Waals surface area contributed by atoms with E-state index in [0.29, 0.717) is 11.4 Å². The summed E-state index contributed by atoms with van der Waals surface area (Å²) in [5.41, 5.74) is 7.00. The highest BCUT2D eigenvalue weighted by atomic mass is 35.5. The summed E-state index contributed by atoms with van der Waals surface area (Å²) in [5, 5.41) is 4.04. The molecule has 1 amide bonds. The number of rotatable bonds is 5.